The molecule has 0 aliphatic carbocycles. The fraction of sp³-hybridized carbons (Fsp3) is 0.309. The van der Waals surface area contributed by atoms with Gasteiger partial charge in [0.2, 0.25) is 0 Å². The van der Waals surface area contributed by atoms with E-state index in [1.165, 1.54) is 29.0 Å². The normalized spacial score (nSPS) is 19.1. The minimum Gasteiger partial charge on any atom is -0.497 e. The zero-order valence-electron chi connectivity index (χ0n) is 49.8. The molecule has 0 saturated carbocycles. The second-order valence-corrected chi connectivity index (χ2v) is 25.6. The quantitative estimate of drug-likeness (QED) is 0.0315. The highest BCUT2D eigenvalue weighted by atomic mass is 32.2. The van der Waals surface area contributed by atoms with Crippen molar-refractivity contribution in [2.24, 2.45) is 5.41 Å². The molecule has 2 N–H and O–H groups in total. The van der Waals surface area contributed by atoms with Gasteiger partial charge in [-0.1, -0.05) is 176 Å². The molecule has 15 nitrogen and oxygen atoms in total. The summed E-state index contributed by atoms with van der Waals surface area (Å²) in [6, 6.07) is 60.8. The Kier molecular flexibility index (Phi) is 19.0. The number of rotatable bonds is 25. The van der Waals surface area contributed by atoms with E-state index < -0.39 is 84.7 Å². The van der Waals surface area contributed by atoms with E-state index in [9.17, 15) is 22.8 Å². The first kappa shape index (κ1) is 63.6. The second-order valence-electron chi connectivity index (χ2n) is 22.7. The molecule has 460 valence electrons. The third-order valence-corrected chi connectivity index (χ3v) is 18.5. The Hall–Kier alpha value is -7.42. The molecule has 0 bridgehead atoms. The highest BCUT2D eigenvalue weighted by Crippen LogP contribution is 2.53. The van der Waals surface area contributed by atoms with Crippen LogP contribution in [0.5, 0.6) is 11.5 Å². The average Bonchev–Trinajstić information content (AvgIpc) is 1.52. The Morgan fingerprint density at radius 3 is 1.69 bits per heavy atom. The van der Waals surface area contributed by atoms with Crippen LogP contribution in [-0.2, 0) is 61.2 Å². The van der Waals surface area contributed by atoms with Crippen LogP contribution in [0.4, 0.5) is 19.0 Å². The summed E-state index contributed by atoms with van der Waals surface area (Å²) >= 11 is 0.929. The number of hydrogen-bond donors (Lipinski definition) is 2. The lowest BCUT2D eigenvalue weighted by molar-refractivity contribution is -0.217. The zero-order chi connectivity index (χ0) is 62.4. The molecule has 2 saturated heterocycles. The Labute approximate surface area is 514 Å². The van der Waals surface area contributed by atoms with Gasteiger partial charge in [0.1, 0.15) is 46.3 Å². The molecule has 1 aromatic heterocycles. The van der Waals surface area contributed by atoms with E-state index in [4.69, 9.17) is 37.5 Å². The van der Waals surface area contributed by atoms with Gasteiger partial charge in [-0.25, -0.2) is 14.4 Å². The van der Waals surface area contributed by atoms with Crippen LogP contribution in [0.2, 0.25) is 0 Å². The summed E-state index contributed by atoms with van der Waals surface area (Å²) in [7, 11) is -1.42. The first-order valence-corrected chi connectivity index (χ1v) is 31.2. The molecule has 10 rings (SSSR count). The SMILES string of the molecule is COc1ccc(C(Nc2ccn([C@@H]3O[C@H](COP(=O)(NCc4ccccc4C(F)(F)F)OCCSC(=O)C(C)(C)COC(c4ccccc4)(c4ccccc4)c4ccccc4)C4OC(C)(C)O[C@@]43C)c(=O)n2)(c2ccccc2)c2ccc(OC)cc2)cc1. The van der Waals surface area contributed by atoms with Crippen molar-refractivity contribution in [3.05, 3.63) is 261 Å². The summed E-state index contributed by atoms with van der Waals surface area (Å²) in [5.41, 5.74) is -1.54. The molecule has 3 heterocycles. The number of thioether (sulfide) groups is 1. The molecule has 0 radical (unpaired) electrons. The van der Waals surface area contributed by atoms with Gasteiger partial charge in [-0.15, -0.1) is 0 Å². The monoisotopic (exact) mass is 1240 g/mol. The number of benzene rings is 7. The number of alkyl halides is 3. The summed E-state index contributed by atoms with van der Waals surface area (Å²) in [6.45, 7) is 7.22. The smallest absolute Gasteiger partial charge is 0.416 e. The molecule has 2 unspecified atom stereocenters. The first-order valence-electron chi connectivity index (χ1n) is 28.7. The van der Waals surface area contributed by atoms with Gasteiger partial charge in [-0.3, -0.25) is 18.4 Å². The summed E-state index contributed by atoms with van der Waals surface area (Å²) in [5.74, 6) is 0.252. The third-order valence-electron chi connectivity index (χ3n) is 15.7. The fourth-order valence-electron chi connectivity index (χ4n) is 11.5. The summed E-state index contributed by atoms with van der Waals surface area (Å²) in [5, 5.41) is 6.01. The maximum Gasteiger partial charge on any atom is 0.416 e. The lowest BCUT2D eigenvalue weighted by atomic mass is 9.77. The standard InChI is InChI=1S/C68H70F3N4O11PS/c1-63(2,46-81-67(51-25-14-9-15-26-51,52-27-16-10-17-28-52)53-29-18-11-19-30-53)61(76)88-43-42-82-87(78,72-44-47-22-20-21-31-56(47)68(69,70)71)83-45-57-59-65(5,86-64(3,4)85-59)60(84-57)75-41-40-58(73-62(75)77)74-66(48-23-12-8-13-24-48,49-32-36-54(79-6)37-33-49)50-34-38-55(80-7)39-35-50/h8-41,57,59-60H,42-46H2,1-7H3,(H,72,78)(H,73,74,77)/t57-,59?,60-,65+,87?/m1/s1. The number of fused-ring (bicyclic) bond motifs is 1. The molecule has 2 aliphatic rings. The van der Waals surface area contributed by atoms with E-state index in [0.717, 1.165) is 51.2 Å². The molecular formula is C68H70F3N4O11PS. The molecular weight excluding hydrogens is 1170 g/mol. The third kappa shape index (κ3) is 13.4. The number of carbonyl (C=O) groups is 1. The Bertz CT molecular complexity index is 3610. The van der Waals surface area contributed by atoms with Crippen LogP contribution in [0.15, 0.2) is 211 Å². The van der Waals surface area contributed by atoms with Crippen LogP contribution in [0.3, 0.4) is 0 Å². The van der Waals surface area contributed by atoms with Crippen molar-refractivity contribution in [1.29, 1.82) is 0 Å². The minimum absolute atomic E-state index is 0.0153. The van der Waals surface area contributed by atoms with Crippen LogP contribution in [0.25, 0.3) is 0 Å². The zero-order valence-corrected chi connectivity index (χ0v) is 51.5. The van der Waals surface area contributed by atoms with Gasteiger partial charge in [-0.05, 0) is 110 Å². The average molecular weight is 1240 g/mol. The Morgan fingerprint density at radius 2 is 1.18 bits per heavy atom. The fourth-order valence-corrected chi connectivity index (χ4v) is 13.7. The molecule has 7 aromatic carbocycles. The summed E-state index contributed by atoms with van der Waals surface area (Å²) in [4.78, 5) is 33.5. The van der Waals surface area contributed by atoms with Crippen LogP contribution in [0, 0.1) is 5.41 Å². The lowest BCUT2D eigenvalue weighted by Crippen LogP contribution is -2.45. The predicted molar refractivity (Wildman–Crippen MR) is 331 cm³/mol. The van der Waals surface area contributed by atoms with E-state index in [0.29, 0.717) is 11.5 Å². The topological polar surface area (TPSA) is 167 Å². The maximum absolute atomic E-state index is 15.0. The second kappa shape index (κ2) is 26.3. The van der Waals surface area contributed by atoms with Crippen molar-refractivity contribution >= 4 is 30.4 Å². The van der Waals surface area contributed by atoms with Crippen molar-refractivity contribution in [1.82, 2.24) is 14.6 Å². The molecule has 0 amide bonds. The van der Waals surface area contributed by atoms with Gasteiger partial charge in [0.25, 0.3) is 0 Å². The van der Waals surface area contributed by atoms with Gasteiger partial charge in [0.15, 0.2) is 17.1 Å². The molecule has 5 atom stereocenters. The van der Waals surface area contributed by atoms with Gasteiger partial charge in [-0.2, -0.15) is 18.2 Å². The molecule has 88 heavy (non-hydrogen) atoms. The minimum atomic E-state index is -4.73. The molecule has 2 fully saturated rings. The van der Waals surface area contributed by atoms with Gasteiger partial charge in [0.05, 0.1) is 45.0 Å². The summed E-state index contributed by atoms with van der Waals surface area (Å²) < 4.78 is 109. The number of hydrogen-bond acceptors (Lipinski definition) is 14. The van der Waals surface area contributed by atoms with Crippen LogP contribution in [0.1, 0.15) is 85.4 Å². The number of nitrogens with zero attached hydrogens (tertiary/aromatic N) is 2. The number of anilines is 1. The van der Waals surface area contributed by atoms with E-state index in [1.54, 1.807) is 54.9 Å². The predicted octanol–water partition coefficient (Wildman–Crippen LogP) is 13.7. The highest BCUT2D eigenvalue weighted by molar-refractivity contribution is 8.13. The van der Waals surface area contributed by atoms with Crippen molar-refractivity contribution < 1.29 is 60.0 Å². The van der Waals surface area contributed by atoms with Crippen molar-refractivity contribution in [3.8, 4) is 11.5 Å². The van der Waals surface area contributed by atoms with Gasteiger partial charge < -0.3 is 33.7 Å². The largest absolute Gasteiger partial charge is 0.497 e. The number of ether oxygens (including phenoxy) is 6. The van der Waals surface area contributed by atoms with Crippen LogP contribution >= 0.6 is 19.5 Å². The number of aromatic nitrogens is 2. The Balaban J connectivity index is 0.886. The van der Waals surface area contributed by atoms with Crippen molar-refractivity contribution in [2.75, 3.05) is 45.1 Å². The molecule has 2 aliphatic heterocycles. The maximum atomic E-state index is 15.0. The first-order chi connectivity index (χ1) is 42.1. The van der Waals surface area contributed by atoms with Gasteiger partial charge >= 0.3 is 19.6 Å². The number of halogens is 3. The lowest BCUT2D eigenvalue weighted by Gasteiger charge is -2.38. The van der Waals surface area contributed by atoms with Crippen LogP contribution < -0.4 is 25.6 Å². The van der Waals surface area contributed by atoms with E-state index in [1.807, 2.05) is 170 Å². The number of nitrogens with one attached hydrogen (secondary N) is 2. The highest BCUT2D eigenvalue weighted by Gasteiger charge is 2.65. The van der Waals surface area contributed by atoms with E-state index >= 15 is 4.57 Å². The van der Waals surface area contributed by atoms with Gasteiger partial charge in [0, 0.05) is 18.5 Å². The molecule has 0 spiro atoms. The Morgan fingerprint density at radius 1 is 0.682 bits per heavy atom. The molecule has 8 aromatic rings. The summed E-state index contributed by atoms with van der Waals surface area (Å²) in [6.07, 6.45) is -6.47. The van der Waals surface area contributed by atoms with Crippen molar-refractivity contribution in [2.45, 2.75) is 88.3 Å². The van der Waals surface area contributed by atoms with Crippen LogP contribution in [-0.4, -0.2) is 78.1 Å². The van der Waals surface area contributed by atoms with E-state index in [2.05, 4.69) is 15.4 Å². The molecule has 20 heteroatoms. The van der Waals surface area contributed by atoms with E-state index in [-0.39, 0.29) is 35.5 Å². The number of methoxy groups -OCH3 is 2. The number of carbonyl (C=O) groups excluding carboxylic acids is 1. The van der Waals surface area contributed by atoms with Crippen molar-refractivity contribution in [3.63, 3.8) is 0 Å².